The van der Waals surface area contributed by atoms with Crippen molar-refractivity contribution in [3.05, 3.63) is 52.9 Å². The summed E-state index contributed by atoms with van der Waals surface area (Å²) in [6.45, 7) is 1.65. The summed E-state index contributed by atoms with van der Waals surface area (Å²) in [5, 5.41) is 6.65. The summed E-state index contributed by atoms with van der Waals surface area (Å²) < 4.78 is 11.0. The molecule has 3 rings (SSSR count). The van der Waals surface area contributed by atoms with E-state index in [4.69, 9.17) is 9.26 Å². The maximum Gasteiger partial charge on any atom is 0.361 e. The third kappa shape index (κ3) is 4.26. The zero-order valence-corrected chi connectivity index (χ0v) is 14.3. The van der Waals surface area contributed by atoms with Crippen molar-refractivity contribution in [3.63, 3.8) is 0 Å². The number of amides is 1. The Bertz CT molecular complexity index is 739. The molecule has 1 aromatic carbocycles. The highest BCUT2D eigenvalue weighted by Gasteiger charge is 2.27. The van der Waals surface area contributed by atoms with Gasteiger partial charge in [-0.3, -0.25) is 4.79 Å². The molecule has 0 spiro atoms. The minimum Gasteiger partial charge on any atom is -0.451 e. The molecule has 1 aliphatic carbocycles. The highest BCUT2D eigenvalue weighted by molar-refractivity contribution is 5.89. The van der Waals surface area contributed by atoms with E-state index in [1.807, 2.05) is 30.3 Å². The van der Waals surface area contributed by atoms with Crippen LogP contribution >= 0.6 is 0 Å². The Morgan fingerprint density at radius 2 is 1.96 bits per heavy atom. The average molecular weight is 342 g/mol. The summed E-state index contributed by atoms with van der Waals surface area (Å²) >= 11 is 0. The van der Waals surface area contributed by atoms with Crippen molar-refractivity contribution in [1.82, 2.24) is 10.5 Å². The van der Waals surface area contributed by atoms with Crippen LogP contribution in [0, 0.1) is 0 Å². The second-order valence-electron chi connectivity index (χ2n) is 6.24. The fraction of sp³-hybridized carbons (Fsp3) is 0.421. The molecule has 0 bridgehead atoms. The maximum absolute atomic E-state index is 12.7. The van der Waals surface area contributed by atoms with Crippen LogP contribution in [0.15, 0.2) is 34.9 Å². The molecular formula is C19H22N2O4. The molecule has 0 saturated heterocycles. The lowest BCUT2D eigenvalue weighted by atomic mass is 10.1. The minimum atomic E-state index is -0.573. The lowest BCUT2D eigenvalue weighted by Crippen LogP contribution is -2.28. The molecule has 1 heterocycles. The van der Waals surface area contributed by atoms with E-state index in [1.54, 1.807) is 0 Å². The summed E-state index contributed by atoms with van der Waals surface area (Å²) in [5.74, 6) is 0.112. The Balaban J connectivity index is 1.78. The molecule has 1 N–H and O–H groups in total. The molecule has 0 radical (unpaired) electrons. The smallest absolute Gasteiger partial charge is 0.361 e. The Morgan fingerprint density at radius 1 is 1.20 bits per heavy atom. The van der Waals surface area contributed by atoms with E-state index >= 15 is 0 Å². The quantitative estimate of drug-likeness (QED) is 0.667. The number of nitrogens with one attached hydrogen (secondary N) is 1. The number of carbonyl (C=O) groups is 2. The van der Waals surface area contributed by atoms with Crippen molar-refractivity contribution in [2.24, 2.45) is 0 Å². The molecular weight excluding hydrogens is 320 g/mol. The van der Waals surface area contributed by atoms with E-state index in [0.717, 1.165) is 49.0 Å². The number of aromatic nitrogens is 1. The molecule has 1 aromatic heterocycles. The zero-order chi connectivity index (χ0) is 17.6. The van der Waals surface area contributed by atoms with Crippen molar-refractivity contribution in [2.45, 2.75) is 45.1 Å². The Hall–Kier alpha value is -2.63. The summed E-state index contributed by atoms with van der Waals surface area (Å²) in [5.41, 5.74) is 1.95. The van der Waals surface area contributed by atoms with Gasteiger partial charge in [0.1, 0.15) is 11.9 Å². The molecule has 1 amide bonds. The third-order valence-corrected chi connectivity index (χ3v) is 4.35. The summed E-state index contributed by atoms with van der Waals surface area (Å²) in [7, 11) is 0. The van der Waals surface area contributed by atoms with Crippen molar-refractivity contribution >= 4 is 11.9 Å². The second kappa shape index (κ2) is 7.96. The Labute approximate surface area is 146 Å². The fourth-order valence-corrected chi connectivity index (χ4v) is 3.04. The van der Waals surface area contributed by atoms with Gasteiger partial charge in [0.2, 0.25) is 5.91 Å². The molecule has 6 heteroatoms. The topological polar surface area (TPSA) is 81.4 Å². The summed E-state index contributed by atoms with van der Waals surface area (Å²) in [6, 6.07) is 9.35. The van der Waals surface area contributed by atoms with Crippen LogP contribution in [0.3, 0.4) is 0 Å². The van der Waals surface area contributed by atoms with E-state index in [9.17, 15) is 9.59 Å². The largest absolute Gasteiger partial charge is 0.451 e. The van der Waals surface area contributed by atoms with Gasteiger partial charge >= 0.3 is 5.97 Å². The number of carbonyl (C=O) groups excluding carboxylic acids is 2. The van der Waals surface area contributed by atoms with Gasteiger partial charge in [-0.05, 0) is 24.8 Å². The van der Waals surface area contributed by atoms with Crippen molar-refractivity contribution in [1.29, 1.82) is 0 Å². The molecule has 1 aliphatic rings. The van der Waals surface area contributed by atoms with E-state index < -0.39 is 12.1 Å². The first-order valence-electron chi connectivity index (χ1n) is 8.63. The fourth-order valence-electron chi connectivity index (χ4n) is 3.04. The van der Waals surface area contributed by atoms with Gasteiger partial charge in [-0.15, -0.1) is 0 Å². The van der Waals surface area contributed by atoms with Gasteiger partial charge in [0.25, 0.3) is 0 Å². The molecule has 25 heavy (non-hydrogen) atoms. The van der Waals surface area contributed by atoms with E-state index in [-0.39, 0.29) is 18.1 Å². The van der Waals surface area contributed by atoms with Gasteiger partial charge in [0.15, 0.2) is 5.69 Å². The second-order valence-corrected chi connectivity index (χ2v) is 6.24. The Kier molecular flexibility index (Phi) is 5.48. The van der Waals surface area contributed by atoms with Crippen LogP contribution in [-0.4, -0.2) is 23.6 Å². The number of hydrogen-bond donors (Lipinski definition) is 1. The van der Waals surface area contributed by atoms with Crippen molar-refractivity contribution in [2.75, 3.05) is 6.54 Å². The van der Waals surface area contributed by atoms with Crippen LogP contribution in [0.1, 0.15) is 59.7 Å². The first-order chi connectivity index (χ1) is 12.1. The highest BCUT2D eigenvalue weighted by atomic mass is 16.5. The number of nitrogens with zero attached hydrogens (tertiary/aromatic N) is 1. The van der Waals surface area contributed by atoms with Crippen LogP contribution in [0.5, 0.6) is 0 Å². The van der Waals surface area contributed by atoms with Crippen molar-refractivity contribution < 1.29 is 18.8 Å². The van der Waals surface area contributed by atoms with Gasteiger partial charge in [0, 0.05) is 18.9 Å². The van der Waals surface area contributed by atoms with Crippen LogP contribution < -0.4 is 5.32 Å². The first kappa shape index (κ1) is 17.2. The number of ether oxygens (including phenoxy) is 1. The number of hydrogen-bond acceptors (Lipinski definition) is 5. The minimum absolute atomic E-state index is 0.174. The summed E-state index contributed by atoms with van der Waals surface area (Å²) in [6.07, 6.45) is 4.20. The van der Waals surface area contributed by atoms with E-state index in [2.05, 4.69) is 10.5 Å². The van der Waals surface area contributed by atoms with Crippen LogP contribution in [0.2, 0.25) is 0 Å². The number of aryl methyl sites for hydroxylation is 1. The van der Waals surface area contributed by atoms with E-state index in [0.29, 0.717) is 0 Å². The molecule has 132 valence electrons. The standard InChI is InChI=1S/C19H22N2O4/c1-13(22)20-12-17(14-8-4-2-5-9-14)24-19(23)18-15-10-6-3-7-11-16(15)25-21-18/h2,4-5,8-9,17H,3,6-7,10-12H2,1H3,(H,20,22). The SMILES string of the molecule is CC(=O)NCC(OC(=O)c1noc2c1CCCCC2)c1ccccc1. The van der Waals surface area contributed by atoms with Crippen LogP contribution in [-0.2, 0) is 22.4 Å². The average Bonchev–Trinajstić information content (AvgIpc) is 2.88. The van der Waals surface area contributed by atoms with Crippen molar-refractivity contribution in [3.8, 4) is 0 Å². The van der Waals surface area contributed by atoms with Crippen LogP contribution in [0.25, 0.3) is 0 Å². The molecule has 0 fully saturated rings. The number of benzene rings is 1. The number of rotatable bonds is 5. The molecule has 2 aromatic rings. The molecule has 6 nitrogen and oxygen atoms in total. The van der Waals surface area contributed by atoms with Gasteiger partial charge in [-0.2, -0.15) is 0 Å². The predicted molar refractivity (Wildman–Crippen MR) is 91.0 cm³/mol. The van der Waals surface area contributed by atoms with Gasteiger partial charge in [-0.25, -0.2) is 4.79 Å². The van der Waals surface area contributed by atoms with Gasteiger partial charge in [0.05, 0.1) is 6.54 Å². The van der Waals surface area contributed by atoms with Gasteiger partial charge in [-0.1, -0.05) is 41.9 Å². The zero-order valence-electron chi connectivity index (χ0n) is 14.3. The van der Waals surface area contributed by atoms with E-state index in [1.165, 1.54) is 6.92 Å². The molecule has 1 unspecified atom stereocenters. The lowest BCUT2D eigenvalue weighted by Gasteiger charge is -2.18. The predicted octanol–water partition coefficient (Wildman–Crippen LogP) is 2.98. The molecule has 0 aliphatic heterocycles. The third-order valence-electron chi connectivity index (χ3n) is 4.35. The lowest BCUT2D eigenvalue weighted by molar-refractivity contribution is -0.119. The highest BCUT2D eigenvalue weighted by Crippen LogP contribution is 2.26. The summed E-state index contributed by atoms with van der Waals surface area (Å²) in [4.78, 5) is 23.9. The van der Waals surface area contributed by atoms with Gasteiger partial charge < -0.3 is 14.6 Å². The number of esters is 1. The molecule has 1 atom stereocenters. The Morgan fingerprint density at radius 3 is 2.72 bits per heavy atom. The normalized spacial score (nSPS) is 14.9. The molecule has 0 saturated carbocycles. The number of fused-ring (bicyclic) bond motifs is 1. The first-order valence-corrected chi connectivity index (χ1v) is 8.63. The van der Waals surface area contributed by atoms with Crippen LogP contribution in [0.4, 0.5) is 0 Å². The maximum atomic E-state index is 12.7. The monoisotopic (exact) mass is 342 g/mol.